The lowest BCUT2D eigenvalue weighted by Crippen LogP contribution is -2.33. The van der Waals surface area contributed by atoms with Crippen LogP contribution in [0.15, 0.2) is 11.5 Å². The van der Waals surface area contributed by atoms with Crippen LogP contribution >= 0.6 is 69.7 Å². The number of imidazole rings is 1. The van der Waals surface area contributed by atoms with Crippen molar-refractivity contribution in [3.63, 3.8) is 0 Å². The number of hydrogen-bond acceptors (Lipinski definition) is 15. The minimum absolute atomic E-state index is 0.000763. The zero-order valence-corrected chi connectivity index (χ0v) is 28.7. The van der Waals surface area contributed by atoms with Crippen LogP contribution in [0.5, 0.6) is 0 Å². The Morgan fingerprint density at radius 3 is 2.38 bits per heavy atom. The highest BCUT2D eigenvalue weighted by Gasteiger charge is 2.64. The summed E-state index contributed by atoms with van der Waals surface area (Å²) < 4.78 is 91.4. The third kappa shape index (κ3) is 9.47. The fraction of sp³-hybridized carbons (Fsp3) is 0.722. The van der Waals surface area contributed by atoms with E-state index in [0.29, 0.717) is 19.4 Å². The number of thioether (sulfide) groups is 2. The van der Waals surface area contributed by atoms with Crippen molar-refractivity contribution in [3.05, 3.63) is 6.33 Å². The summed E-state index contributed by atoms with van der Waals surface area (Å²) >= 11 is 13.1. The number of alkyl halides is 5. The van der Waals surface area contributed by atoms with Crippen molar-refractivity contribution in [2.24, 2.45) is 0 Å². The van der Waals surface area contributed by atoms with Crippen molar-refractivity contribution in [2.45, 2.75) is 46.1 Å². The Morgan fingerprint density at radius 1 is 1.13 bits per heavy atom. The maximum Gasteiger partial charge on any atom is 0.479 e. The predicted octanol–water partition coefficient (Wildman–Crippen LogP) is 3.50. The molecule has 0 spiro atoms. The molecule has 17 nitrogen and oxygen atoms in total. The van der Waals surface area contributed by atoms with E-state index in [0.717, 1.165) is 22.7 Å². The van der Waals surface area contributed by atoms with E-state index < -0.39 is 76.3 Å². The Bertz CT molecular complexity index is 1490. The Hall–Kier alpha value is -0.250. The Morgan fingerprint density at radius 2 is 1.80 bits per heavy atom. The number of phosphoric ester groups is 1. The van der Waals surface area contributed by atoms with Gasteiger partial charge in [0.25, 0.3) is 0 Å². The summed E-state index contributed by atoms with van der Waals surface area (Å²) in [5.74, 6) is 0.437. The molecule has 0 radical (unpaired) electrons. The molecule has 0 bridgehead atoms. The van der Waals surface area contributed by atoms with Gasteiger partial charge in [-0.3, -0.25) is 18.2 Å². The van der Waals surface area contributed by atoms with E-state index in [2.05, 4.69) is 33.6 Å². The molecule has 0 aliphatic carbocycles. The van der Waals surface area contributed by atoms with Crippen molar-refractivity contribution < 1.29 is 69.9 Å². The topological polar surface area (TPSA) is 245 Å². The third-order valence-corrected chi connectivity index (χ3v) is 15.3. The zero-order chi connectivity index (χ0) is 34.0. The zero-order valence-electron chi connectivity index (χ0n) is 22.9. The van der Waals surface area contributed by atoms with Crippen LogP contribution < -0.4 is 5.32 Å². The molecule has 6 N–H and O–H groups in total. The first kappa shape index (κ1) is 39.2. The minimum atomic E-state index is -5.68. The lowest BCUT2D eigenvalue weighted by atomic mass is 10.1. The SMILES string of the molecule is COP(=O)(OP(=O)(O)OC[C@H]1O[C@@H](n2cnc3c(NCCSC)nc(SCCC(F)(F)F)nc32)[C@H](O)[C@@H]1O)C(Cl)(Cl)P(=O)(O)O. The van der Waals surface area contributed by atoms with Gasteiger partial charge in [-0.15, -0.1) is 0 Å². The molecule has 2 unspecified atom stereocenters. The normalized spacial score (nSPS) is 24.1. The number of hydrogen-bond donors (Lipinski definition) is 6. The second-order valence-corrected chi connectivity index (χ2v) is 19.4. The van der Waals surface area contributed by atoms with Crippen molar-refractivity contribution in [1.29, 1.82) is 0 Å². The van der Waals surface area contributed by atoms with Crippen LogP contribution in [-0.2, 0) is 31.8 Å². The molecule has 45 heavy (non-hydrogen) atoms. The maximum absolute atomic E-state index is 12.7. The lowest BCUT2D eigenvalue weighted by molar-refractivity contribution is -0.129. The summed E-state index contributed by atoms with van der Waals surface area (Å²) in [6.45, 7) is -0.628. The molecule has 3 rings (SSSR count). The summed E-state index contributed by atoms with van der Waals surface area (Å²) in [4.78, 5) is 41.3. The van der Waals surface area contributed by atoms with Crippen LogP contribution in [0, 0.1) is 0 Å². The average molecular weight is 790 g/mol. The minimum Gasteiger partial charge on any atom is -0.387 e. The second-order valence-electron chi connectivity index (χ2n) is 8.94. The highest BCUT2D eigenvalue weighted by atomic mass is 35.5. The lowest BCUT2D eigenvalue weighted by Gasteiger charge is -2.29. The third-order valence-electron chi connectivity index (χ3n) is 5.76. The van der Waals surface area contributed by atoms with Crippen LogP contribution in [0.4, 0.5) is 19.0 Å². The number of nitrogens with zero attached hydrogens (tertiary/aromatic N) is 4. The molecule has 0 aromatic carbocycles. The van der Waals surface area contributed by atoms with E-state index in [-0.39, 0.29) is 22.1 Å². The number of aliphatic hydroxyl groups excluding tert-OH is 2. The summed E-state index contributed by atoms with van der Waals surface area (Å²) in [6, 6.07) is 0. The smallest absolute Gasteiger partial charge is 0.387 e. The number of halogens is 5. The van der Waals surface area contributed by atoms with Gasteiger partial charge in [-0.1, -0.05) is 35.0 Å². The van der Waals surface area contributed by atoms with Gasteiger partial charge in [0.05, 0.1) is 19.4 Å². The fourth-order valence-electron chi connectivity index (χ4n) is 3.58. The average Bonchev–Trinajstić information content (AvgIpc) is 3.46. The largest absolute Gasteiger partial charge is 0.479 e. The van der Waals surface area contributed by atoms with Crippen molar-refractivity contribution in [1.82, 2.24) is 19.5 Å². The number of rotatable bonds is 16. The molecular formula is C18H27Cl2F3N5O12P3S2. The van der Waals surface area contributed by atoms with E-state index in [9.17, 15) is 51.8 Å². The number of fused-ring (bicyclic) bond motifs is 1. The second kappa shape index (κ2) is 15.1. The first-order valence-electron chi connectivity index (χ1n) is 12.1. The molecule has 27 heteroatoms. The fourth-order valence-corrected chi connectivity index (χ4v) is 10.0. The van der Waals surface area contributed by atoms with Gasteiger partial charge in [-0.2, -0.15) is 24.9 Å². The van der Waals surface area contributed by atoms with Crippen LogP contribution in [0.1, 0.15) is 12.6 Å². The quantitative estimate of drug-likeness (QED) is 0.0468. The van der Waals surface area contributed by atoms with Gasteiger partial charge in [0.2, 0.25) is 0 Å². The molecule has 1 saturated heterocycles. The molecule has 258 valence electrons. The molecule has 2 aromatic heterocycles. The molecule has 0 amide bonds. The van der Waals surface area contributed by atoms with E-state index >= 15 is 0 Å². The number of aliphatic hydroxyl groups is 2. The van der Waals surface area contributed by atoms with Crippen LogP contribution in [0.2, 0.25) is 0 Å². The van der Waals surface area contributed by atoms with Gasteiger partial charge in [0.1, 0.15) is 18.3 Å². The summed E-state index contributed by atoms with van der Waals surface area (Å²) in [5.41, 5.74) is 0.153. The molecule has 1 aliphatic heterocycles. The molecular weight excluding hydrogens is 763 g/mol. The monoisotopic (exact) mass is 789 g/mol. The highest BCUT2D eigenvalue weighted by molar-refractivity contribution is 7.99. The van der Waals surface area contributed by atoms with Crippen molar-refractivity contribution >= 4 is 86.7 Å². The van der Waals surface area contributed by atoms with Gasteiger partial charge in [0.15, 0.2) is 28.4 Å². The van der Waals surface area contributed by atoms with E-state index in [1.54, 1.807) is 0 Å². The van der Waals surface area contributed by atoms with Crippen LogP contribution in [-0.4, -0.2) is 111 Å². The Labute approximate surface area is 271 Å². The maximum atomic E-state index is 12.7. The van der Waals surface area contributed by atoms with Gasteiger partial charge in [0, 0.05) is 25.2 Å². The Balaban J connectivity index is 1.83. The number of aromatic nitrogens is 4. The standard InChI is InChI=1S/C18H27Cl2F3N5O12P3S2/c1-37-42(34,18(19,20)41(31,32)33)40-43(35,36)38-7-9-11(29)12(30)15(39-9)28-8-25-10-13(24-4-6-44-2)26-16(27-14(10)28)45-5-3-17(21,22)23/h8-9,11-12,15,29-30H,3-7H2,1-2H3,(H,35,36)(H,24,26,27)(H2,31,32,33)/t9-,11-,12-,15-,42?/m1/s1. The van der Waals surface area contributed by atoms with Crippen molar-refractivity contribution in [2.75, 3.05) is 43.3 Å². The molecule has 6 atom stereocenters. The number of phosphoric acid groups is 1. The van der Waals surface area contributed by atoms with Crippen molar-refractivity contribution in [3.8, 4) is 0 Å². The highest BCUT2D eigenvalue weighted by Crippen LogP contribution is 2.81. The van der Waals surface area contributed by atoms with E-state index in [1.807, 2.05) is 6.26 Å². The number of ether oxygens (including phenoxy) is 1. The summed E-state index contributed by atoms with van der Waals surface area (Å²) in [5, 5.41) is 24.3. The summed E-state index contributed by atoms with van der Waals surface area (Å²) in [6.07, 6.45) is -9.13. The molecule has 1 fully saturated rings. The Kier molecular flexibility index (Phi) is 13.2. The van der Waals surface area contributed by atoms with Crippen LogP contribution in [0.3, 0.4) is 0 Å². The van der Waals surface area contributed by atoms with Gasteiger partial charge < -0.3 is 39.5 Å². The molecule has 3 heterocycles. The van der Waals surface area contributed by atoms with Gasteiger partial charge in [-0.05, 0) is 6.26 Å². The van der Waals surface area contributed by atoms with Gasteiger partial charge in [-0.25, -0.2) is 23.8 Å². The molecule has 0 saturated carbocycles. The van der Waals surface area contributed by atoms with E-state index in [4.69, 9.17) is 27.9 Å². The molecule has 2 aromatic rings. The summed E-state index contributed by atoms with van der Waals surface area (Å²) in [7, 11) is -16.1. The predicted molar refractivity (Wildman–Crippen MR) is 157 cm³/mol. The molecule has 1 aliphatic rings. The number of anilines is 1. The van der Waals surface area contributed by atoms with E-state index in [1.165, 1.54) is 11.8 Å². The van der Waals surface area contributed by atoms with Gasteiger partial charge >= 0.3 is 33.0 Å². The first-order valence-corrected chi connectivity index (χ1v) is 19.9. The first-order chi connectivity index (χ1) is 20.7. The number of nitrogens with one attached hydrogen (secondary N) is 1. The van der Waals surface area contributed by atoms with Crippen LogP contribution in [0.25, 0.3) is 11.2 Å².